The average Bonchev–Trinajstić information content (AvgIpc) is 3.03. The normalized spacial score (nSPS) is 16.6. The van der Waals surface area contributed by atoms with Crippen LogP contribution in [-0.4, -0.2) is 41.9 Å². The van der Waals surface area contributed by atoms with Crippen LogP contribution in [0.25, 0.3) is 0 Å². The van der Waals surface area contributed by atoms with Crippen molar-refractivity contribution >= 4 is 11.8 Å². The van der Waals surface area contributed by atoms with Crippen molar-refractivity contribution in [3.63, 3.8) is 0 Å². The molecule has 0 bridgehead atoms. The fourth-order valence-corrected chi connectivity index (χ4v) is 3.09. The summed E-state index contributed by atoms with van der Waals surface area (Å²) >= 11 is 0. The second kappa shape index (κ2) is 8.47. The molecule has 6 nitrogen and oxygen atoms in total. The SMILES string of the molecule is COc1cccc(CCNC(=O)C2CC(=O)N(Cc3ccccn3)C2)c1. The van der Waals surface area contributed by atoms with Gasteiger partial charge in [0.15, 0.2) is 0 Å². The molecule has 0 spiro atoms. The number of nitrogens with zero attached hydrogens (tertiary/aromatic N) is 2. The predicted molar refractivity (Wildman–Crippen MR) is 97.5 cm³/mol. The smallest absolute Gasteiger partial charge is 0.225 e. The van der Waals surface area contributed by atoms with Gasteiger partial charge >= 0.3 is 0 Å². The maximum Gasteiger partial charge on any atom is 0.225 e. The number of carbonyl (C=O) groups is 2. The average molecular weight is 353 g/mol. The van der Waals surface area contributed by atoms with E-state index in [4.69, 9.17) is 4.74 Å². The van der Waals surface area contributed by atoms with Gasteiger partial charge in [-0.25, -0.2) is 0 Å². The summed E-state index contributed by atoms with van der Waals surface area (Å²) in [7, 11) is 1.63. The highest BCUT2D eigenvalue weighted by atomic mass is 16.5. The summed E-state index contributed by atoms with van der Waals surface area (Å²) in [5.74, 6) is 0.449. The van der Waals surface area contributed by atoms with E-state index in [1.54, 1.807) is 18.2 Å². The van der Waals surface area contributed by atoms with Crippen molar-refractivity contribution in [3.05, 3.63) is 59.9 Å². The number of hydrogen-bond donors (Lipinski definition) is 1. The van der Waals surface area contributed by atoms with Gasteiger partial charge in [0.25, 0.3) is 0 Å². The Morgan fingerprint density at radius 3 is 2.96 bits per heavy atom. The van der Waals surface area contributed by atoms with E-state index < -0.39 is 0 Å². The molecule has 0 saturated carbocycles. The highest BCUT2D eigenvalue weighted by Gasteiger charge is 2.34. The second-order valence-corrected chi connectivity index (χ2v) is 6.39. The standard InChI is InChI=1S/C20H23N3O3/c1-26-18-7-4-5-15(11-18)8-10-22-20(25)16-12-19(24)23(13-16)14-17-6-2-3-9-21-17/h2-7,9,11,16H,8,10,12-14H2,1H3,(H,22,25). The molecule has 136 valence electrons. The number of amides is 2. The molecule has 2 heterocycles. The molecule has 1 aromatic carbocycles. The zero-order valence-corrected chi connectivity index (χ0v) is 14.9. The molecule has 1 N–H and O–H groups in total. The Labute approximate surface area is 153 Å². The van der Waals surface area contributed by atoms with Crippen molar-refractivity contribution in [2.45, 2.75) is 19.4 Å². The molecule has 2 aromatic rings. The molecule has 6 heteroatoms. The molecule has 1 aliphatic heterocycles. The Balaban J connectivity index is 1.47. The van der Waals surface area contributed by atoms with Gasteiger partial charge in [0.05, 0.1) is 25.3 Å². The van der Waals surface area contributed by atoms with Gasteiger partial charge < -0.3 is 15.0 Å². The molecule has 0 radical (unpaired) electrons. The first kappa shape index (κ1) is 17.9. The number of aromatic nitrogens is 1. The molecular formula is C20H23N3O3. The largest absolute Gasteiger partial charge is 0.497 e. The molecule has 26 heavy (non-hydrogen) atoms. The molecule has 0 aliphatic carbocycles. The Morgan fingerprint density at radius 2 is 2.19 bits per heavy atom. The van der Waals surface area contributed by atoms with E-state index in [0.29, 0.717) is 19.6 Å². The van der Waals surface area contributed by atoms with Crippen LogP contribution in [0.5, 0.6) is 5.75 Å². The molecule has 1 aliphatic rings. The Morgan fingerprint density at radius 1 is 1.31 bits per heavy atom. The van der Waals surface area contributed by atoms with Gasteiger partial charge in [0, 0.05) is 25.7 Å². The van der Waals surface area contributed by atoms with Gasteiger partial charge in [-0.05, 0) is 36.2 Å². The van der Waals surface area contributed by atoms with Crippen LogP contribution in [0.2, 0.25) is 0 Å². The van der Waals surface area contributed by atoms with Crippen LogP contribution >= 0.6 is 0 Å². The lowest BCUT2D eigenvalue weighted by atomic mass is 10.1. The number of hydrogen-bond acceptors (Lipinski definition) is 4. The lowest BCUT2D eigenvalue weighted by molar-refractivity contribution is -0.129. The van der Waals surface area contributed by atoms with Crippen LogP contribution < -0.4 is 10.1 Å². The summed E-state index contributed by atoms with van der Waals surface area (Å²) in [6.07, 6.45) is 2.69. The van der Waals surface area contributed by atoms with E-state index in [0.717, 1.165) is 23.4 Å². The number of methoxy groups -OCH3 is 1. The molecule has 2 amide bonds. The van der Waals surface area contributed by atoms with Crippen LogP contribution in [0, 0.1) is 5.92 Å². The highest BCUT2D eigenvalue weighted by Crippen LogP contribution is 2.20. The number of carbonyl (C=O) groups excluding carboxylic acids is 2. The number of nitrogens with one attached hydrogen (secondary N) is 1. The fraction of sp³-hybridized carbons (Fsp3) is 0.350. The second-order valence-electron chi connectivity index (χ2n) is 6.39. The Hall–Kier alpha value is -2.89. The monoisotopic (exact) mass is 353 g/mol. The van der Waals surface area contributed by atoms with Gasteiger partial charge in [0.2, 0.25) is 11.8 Å². The lowest BCUT2D eigenvalue weighted by Crippen LogP contribution is -2.34. The Kier molecular flexibility index (Phi) is 5.84. The molecule has 1 unspecified atom stereocenters. The Bertz CT molecular complexity index is 764. The van der Waals surface area contributed by atoms with E-state index in [2.05, 4.69) is 10.3 Å². The number of likely N-dealkylation sites (tertiary alicyclic amines) is 1. The van der Waals surface area contributed by atoms with Crippen molar-refractivity contribution in [2.75, 3.05) is 20.2 Å². The molecule has 3 rings (SSSR count). The summed E-state index contributed by atoms with van der Waals surface area (Å²) in [6.45, 7) is 1.44. The molecule has 1 aromatic heterocycles. The van der Waals surface area contributed by atoms with Gasteiger partial charge in [-0.3, -0.25) is 14.6 Å². The van der Waals surface area contributed by atoms with E-state index in [1.807, 2.05) is 42.5 Å². The number of ether oxygens (including phenoxy) is 1. The summed E-state index contributed by atoms with van der Waals surface area (Å²) < 4.78 is 5.20. The van der Waals surface area contributed by atoms with Gasteiger partial charge in [-0.15, -0.1) is 0 Å². The topological polar surface area (TPSA) is 71.5 Å². The van der Waals surface area contributed by atoms with Gasteiger partial charge in [-0.1, -0.05) is 18.2 Å². The van der Waals surface area contributed by atoms with Crippen molar-refractivity contribution in [1.29, 1.82) is 0 Å². The van der Waals surface area contributed by atoms with Crippen LogP contribution in [-0.2, 0) is 22.6 Å². The first-order chi connectivity index (χ1) is 12.7. The number of benzene rings is 1. The van der Waals surface area contributed by atoms with E-state index in [9.17, 15) is 9.59 Å². The van der Waals surface area contributed by atoms with Crippen molar-refractivity contribution in [1.82, 2.24) is 15.2 Å². The predicted octanol–water partition coefficient (Wildman–Crippen LogP) is 1.80. The van der Waals surface area contributed by atoms with Crippen molar-refractivity contribution in [2.24, 2.45) is 5.92 Å². The maximum atomic E-state index is 12.4. The molecular weight excluding hydrogens is 330 g/mol. The summed E-state index contributed by atoms with van der Waals surface area (Å²) in [6, 6.07) is 13.4. The summed E-state index contributed by atoms with van der Waals surface area (Å²) in [4.78, 5) is 30.5. The third-order valence-electron chi connectivity index (χ3n) is 4.51. The molecule has 1 saturated heterocycles. The van der Waals surface area contributed by atoms with Crippen molar-refractivity contribution < 1.29 is 14.3 Å². The number of pyridine rings is 1. The zero-order chi connectivity index (χ0) is 18.4. The highest BCUT2D eigenvalue weighted by molar-refractivity contribution is 5.89. The van der Waals surface area contributed by atoms with E-state index >= 15 is 0 Å². The van der Waals surface area contributed by atoms with Gasteiger partial charge in [-0.2, -0.15) is 0 Å². The summed E-state index contributed by atoms with van der Waals surface area (Å²) in [5.41, 5.74) is 1.93. The minimum absolute atomic E-state index is 0.00333. The van der Waals surface area contributed by atoms with Crippen LogP contribution in [0.4, 0.5) is 0 Å². The fourth-order valence-electron chi connectivity index (χ4n) is 3.09. The minimum Gasteiger partial charge on any atom is -0.497 e. The van der Waals surface area contributed by atoms with Crippen LogP contribution in [0.1, 0.15) is 17.7 Å². The molecule has 1 atom stereocenters. The number of rotatable bonds is 7. The lowest BCUT2D eigenvalue weighted by Gasteiger charge is -2.16. The van der Waals surface area contributed by atoms with Crippen molar-refractivity contribution in [3.8, 4) is 5.75 Å². The minimum atomic E-state index is -0.295. The van der Waals surface area contributed by atoms with Crippen LogP contribution in [0.15, 0.2) is 48.7 Å². The third-order valence-corrected chi connectivity index (χ3v) is 4.51. The van der Waals surface area contributed by atoms with E-state index in [-0.39, 0.29) is 24.2 Å². The zero-order valence-electron chi connectivity index (χ0n) is 14.9. The first-order valence-electron chi connectivity index (χ1n) is 8.74. The van der Waals surface area contributed by atoms with E-state index in [1.165, 1.54) is 0 Å². The third kappa shape index (κ3) is 4.59. The first-order valence-corrected chi connectivity index (χ1v) is 8.74. The quantitative estimate of drug-likeness (QED) is 0.824. The van der Waals surface area contributed by atoms with Crippen LogP contribution in [0.3, 0.4) is 0 Å². The van der Waals surface area contributed by atoms with Gasteiger partial charge in [0.1, 0.15) is 5.75 Å². The summed E-state index contributed by atoms with van der Waals surface area (Å²) in [5, 5.41) is 2.94. The maximum absolute atomic E-state index is 12.4. The molecule has 1 fully saturated rings.